The molecule has 0 spiro atoms. The van der Waals surface area contributed by atoms with Gasteiger partial charge in [0.15, 0.2) is 0 Å². The van der Waals surface area contributed by atoms with Crippen molar-refractivity contribution >= 4 is 37.4 Å². The molecule has 0 saturated heterocycles. The van der Waals surface area contributed by atoms with Crippen LogP contribution in [0.5, 0.6) is 5.75 Å². The third-order valence-electron chi connectivity index (χ3n) is 3.91. The highest BCUT2D eigenvalue weighted by molar-refractivity contribution is 9.08. The van der Waals surface area contributed by atoms with Gasteiger partial charge in [-0.1, -0.05) is 34.1 Å². The lowest BCUT2D eigenvalue weighted by molar-refractivity contribution is 0.146. The Bertz CT molecular complexity index is 810. The molecule has 120 valence electrons. The molecular formula is C19H19BrO2S. The molecule has 2 aromatic carbocycles. The number of thiophene rings is 1. The average Bonchev–Trinajstić information content (AvgIpc) is 2.99. The van der Waals surface area contributed by atoms with Gasteiger partial charge in [0.25, 0.3) is 0 Å². The van der Waals surface area contributed by atoms with Gasteiger partial charge in [0.2, 0.25) is 0 Å². The van der Waals surface area contributed by atoms with Crippen LogP contribution in [0.1, 0.15) is 11.1 Å². The lowest BCUT2D eigenvalue weighted by Gasteiger charge is -2.12. The Morgan fingerprint density at radius 2 is 1.96 bits per heavy atom. The molecule has 0 radical (unpaired) electrons. The van der Waals surface area contributed by atoms with Crippen molar-refractivity contribution in [2.45, 2.75) is 12.3 Å². The molecule has 4 heteroatoms. The second-order valence-electron chi connectivity index (χ2n) is 5.38. The molecule has 1 aromatic heterocycles. The molecule has 23 heavy (non-hydrogen) atoms. The summed E-state index contributed by atoms with van der Waals surface area (Å²) in [5.41, 5.74) is 4.98. The minimum Gasteiger partial charge on any atom is -0.491 e. The van der Waals surface area contributed by atoms with E-state index >= 15 is 0 Å². The molecule has 0 unspecified atom stereocenters. The highest BCUT2D eigenvalue weighted by atomic mass is 79.9. The van der Waals surface area contributed by atoms with Gasteiger partial charge in [-0.3, -0.25) is 0 Å². The third kappa shape index (κ3) is 3.44. The van der Waals surface area contributed by atoms with E-state index in [4.69, 9.17) is 9.47 Å². The maximum Gasteiger partial charge on any atom is 0.122 e. The van der Waals surface area contributed by atoms with Gasteiger partial charge < -0.3 is 9.47 Å². The van der Waals surface area contributed by atoms with E-state index in [2.05, 4.69) is 58.6 Å². The molecule has 0 atom stereocenters. The Hall–Kier alpha value is -1.36. The fourth-order valence-corrected chi connectivity index (χ4v) is 3.96. The van der Waals surface area contributed by atoms with E-state index in [1.54, 1.807) is 18.4 Å². The van der Waals surface area contributed by atoms with Gasteiger partial charge in [-0.25, -0.2) is 0 Å². The van der Waals surface area contributed by atoms with E-state index < -0.39 is 0 Å². The largest absolute Gasteiger partial charge is 0.491 e. The number of fused-ring (bicyclic) bond motifs is 1. The number of hydrogen-bond acceptors (Lipinski definition) is 3. The summed E-state index contributed by atoms with van der Waals surface area (Å²) in [5, 5.41) is 4.42. The zero-order valence-corrected chi connectivity index (χ0v) is 15.7. The second-order valence-corrected chi connectivity index (χ2v) is 6.86. The predicted octanol–water partition coefficient (Wildman–Crippen LogP) is 5.80. The normalized spacial score (nSPS) is 11.1. The zero-order chi connectivity index (χ0) is 16.2. The number of halogens is 1. The number of alkyl halides is 1. The van der Waals surface area contributed by atoms with Crippen LogP contribution in [0.2, 0.25) is 0 Å². The van der Waals surface area contributed by atoms with Crippen LogP contribution in [0.3, 0.4) is 0 Å². The van der Waals surface area contributed by atoms with Gasteiger partial charge in [0.1, 0.15) is 12.4 Å². The smallest absolute Gasteiger partial charge is 0.122 e. The van der Waals surface area contributed by atoms with Gasteiger partial charge in [-0.2, -0.15) is 0 Å². The first-order valence-corrected chi connectivity index (χ1v) is 9.52. The molecule has 0 aliphatic rings. The van der Waals surface area contributed by atoms with Crippen LogP contribution in [0.15, 0.2) is 41.8 Å². The van der Waals surface area contributed by atoms with Crippen molar-refractivity contribution in [3.05, 3.63) is 52.9 Å². The Balaban J connectivity index is 2.03. The van der Waals surface area contributed by atoms with Gasteiger partial charge in [0.05, 0.1) is 6.61 Å². The number of rotatable bonds is 6. The van der Waals surface area contributed by atoms with Crippen molar-refractivity contribution in [2.24, 2.45) is 0 Å². The van der Waals surface area contributed by atoms with Crippen molar-refractivity contribution < 1.29 is 9.47 Å². The summed E-state index contributed by atoms with van der Waals surface area (Å²) in [5.74, 6) is 0.926. The van der Waals surface area contributed by atoms with Crippen LogP contribution in [0.25, 0.3) is 21.2 Å². The van der Waals surface area contributed by atoms with Crippen LogP contribution >= 0.6 is 27.3 Å². The summed E-state index contributed by atoms with van der Waals surface area (Å²) < 4.78 is 12.2. The molecule has 0 saturated carbocycles. The van der Waals surface area contributed by atoms with Crippen molar-refractivity contribution in [1.82, 2.24) is 0 Å². The van der Waals surface area contributed by atoms with E-state index in [1.165, 1.54) is 32.3 Å². The van der Waals surface area contributed by atoms with Crippen molar-refractivity contribution in [2.75, 3.05) is 20.3 Å². The maximum atomic E-state index is 5.84. The molecule has 0 amide bonds. The highest BCUT2D eigenvalue weighted by Crippen LogP contribution is 2.38. The van der Waals surface area contributed by atoms with E-state index in [9.17, 15) is 0 Å². The van der Waals surface area contributed by atoms with Crippen LogP contribution in [-0.4, -0.2) is 20.3 Å². The van der Waals surface area contributed by atoms with Crippen LogP contribution < -0.4 is 4.74 Å². The Kier molecular flexibility index (Phi) is 5.36. The lowest BCUT2D eigenvalue weighted by Crippen LogP contribution is -2.05. The minimum atomic E-state index is 0.568. The van der Waals surface area contributed by atoms with Gasteiger partial charge >= 0.3 is 0 Å². The fraction of sp³-hybridized carbons (Fsp3) is 0.263. The first-order chi connectivity index (χ1) is 11.2. The summed E-state index contributed by atoms with van der Waals surface area (Å²) in [6.07, 6.45) is 0. The second kappa shape index (κ2) is 7.47. The number of benzene rings is 2. The Morgan fingerprint density at radius 3 is 2.74 bits per heavy atom. The summed E-state index contributed by atoms with van der Waals surface area (Å²) >= 11 is 5.33. The fourth-order valence-electron chi connectivity index (χ4n) is 2.67. The van der Waals surface area contributed by atoms with Crippen LogP contribution in [0.4, 0.5) is 0 Å². The van der Waals surface area contributed by atoms with Crippen molar-refractivity contribution in [3.8, 4) is 16.9 Å². The molecule has 3 aromatic rings. The number of methoxy groups -OCH3 is 1. The molecule has 0 aliphatic carbocycles. The molecule has 3 rings (SSSR count). The van der Waals surface area contributed by atoms with Gasteiger partial charge in [-0.05, 0) is 47.2 Å². The third-order valence-corrected chi connectivity index (χ3v) is 5.52. The Morgan fingerprint density at radius 1 is 1.09 bits per heavy atom. The standard InChI is InChI=1S/C19H19BrO2S/c1-13-15(4-3-5-18(13)22-9-8-21-2)17-12-23-19-7-6-14(11-20)10-16(17)19/h3-7,10,12H,8-9,11H2,1-2H3. The van der Waals surface area contributed by atoms with Crippen LogP contribution in [0, 0.1) is 6.92 Å². The summed E-state index contributed by atoms with van der Waals surface area (Å²) in [6.45, 7) is 3.29. The molecule has 0 bridgehead atoms. The van der Waals surface area contributed by atoms with Crippen molar-refractivity contribution in [1.29, 1.82) is 0 Å². The average molecular weight is 391 g/mol. The first kappa shape index (κ1) is 16.5. The maximum absolute atomic E-state index is 5.84. The summed E-state index contributed by atoms with van der Waals surface area (Å²) in [4.78, 5) is 0. The Labute approximate surface area is 149 Å². The topological polar surface area (TPSA) is 18.5 Å². The van der Waals surface area contributed by atoms with E-state index in [0.29, 0.717) is 13.2 Å². The number of ether oxygens (including phenoxy) is 2. The zero-order valence-electron chi connectivity index (χ0n) is 13.3. The summed E-state index contributed by atoms with van der Waals surface area (Å²) in [6, 6.07) is 12.9. The van der Waals surface area contributed by atoms with Gasteiger partial charge in [-0.15, -0.1) is 11.3 Å². The van der Waals surface area contributed by atoms with E-state index in [1.807, 2.05) is 6.07 Å². The first-order valence-electron chi connectivity index (χ1n) is 7.52. The monoisotopic (exact) mass is 390 g/mol. The SMILES string of the molecule is COCCOc1cccc(-c2csc3ccc(CBr)cc23)c1C. The minimum absolute atomic E-state index is 0.568. The molecule has 2 nitrogen and oxygen atoms in total. The quantitative estimate of drug-likeness (QED) is 0.391. The highest BCUT2D eigenvalue weighted by Gasteiger charge is 2.12. The number of hydrogen-bond donors (Lipinski definition) is 0. The van der Waals surface area contributed by atoms with E-state index in [0.717, 1.165) is 11.1 Å². The van der Waals surface area contributed by atoms with E-state index in [-0.39, 0.29) is 0 Å². The molecule has 0 N–H and O–H groups in total. The van der Waals surface area contributed by atoms with Crippen molar-refractivity contribution in [3.63, 3.8) is 0 Å². The van der Waals surface area contributed by atoms with Gasteiger partial charge in [0, 0.05) is 28.1 Å². The predicted molar refractivity (Wildman–Crippen MR) is 102 cm³/mol. The molecule has 0 aliphatic heterocycles. The molecular weight excluding hydrogens is 372 g/mol. The molecule has 1 heterocycles. The lowest BCUT2D eigenvalue weighted by atomic mass is 9.98. The molecule has 0 fully saturated rings. The van der Waals surface area contributed by atoms with Crippen LogP contribution in [-0.2, 0) is 10.1 Å². The summed E-state index contributed by atoms with van der Waals surface area (Å²) in [7, 11) is 1.69.